The highest BCUT2D eigenvalue weighted by Crippen LogP contribution is 2.37. The highest BCUT2D eigenvalue weighted by atomic mass is 32.1. The van der Waals surface area contributed by atoms with Crippen molar-refractivity contribution >= 4 is 80.1 Å². The van der Waals surface area contributed by atoms with Crippen molar-refractivity contribution in [2.24, 2.45) is 0 Å². The van der Waals surface area contributed by atoms with E-state index in [1.165, 1.54) is 37.5 Å². The first-order valence-electron chi connectivity index (χ1n) is 24.7. The standard InChI is InChI=1S/C54H63N5O14S/c1-34(56-49(63)31-55-48(62)11-5-4-6-24-59-51(65)21-22-52(59)66)54(69)57-39-15-12-35(13-16-39)14-17-40(60)18-20-50(64)58-32-36-9-7-10-42(43(70-2)28-38(36)33-58)72-25-8-26-73-45-27-37-29-47(41(61)19-23-53(67)68)74-46(37)30-44(45)71-3/h10,12-13,15-16,21-22,27-30,34H,4-9,11,14,17-20,23-26,31-33H2,1-3H3,(H,55,62)(H,56,63)(H,57,69)(H,67,68)/b42-10+,43-28-/t34-/m0/s1. The van der Waals surface area contributed by atoms with Crippen molar-refractivity contribution in [3.8, 4) is 11.5 Å². The van der Waals surface area contributed by atoms with E-state index in [1.807, 2.05) is 12.2 Å². The van der Waals surface area contributed by atoms with Gasteiger partial charge in [0.2, 0.25) is 23.6 Å². The van der Waals surface area contributed by atoms with Crippen LogP contribution >= 0.6 is 11.3 Å². The van der Waals surface area contributed by atoms with Crippen molar-refractivity contribution in [1.29, 1.82) is 0 Å². The fourth-order valence-electron chi connectivity index (χ4n) is 8.32. The summed E-state index contributed by atoms with van der Waals surface area (Å²) in [6, 6.07) is 11.5. The van der Waals surface area contributed by atoms with Gasteiger partial charge in [0, 0.05) is 86.8 Å². The average Bonchev–Trinajstić information content (AvgIpc) is 4.08. The number of carboxylic acids is 1. The van der Waals surface area contributed by atoms with Gasteiger partial charge in [-0.1, -0.05) is 18.6 Å². The average molecular weight is 1040 g/mol. The molecular formula is C54H63N5O14S. The van der Waals surface area contributed by atoms with Crippen LogP contribution in [0.1, 0.15) is 99.2 Å². The number of hydrogen-bond donors (Lipinski definition) is 4. The summed E-state index contributed by atoms with van der Waals surface area (Å²) in [7, 11) is 3.11. The van der Waals surface area contributed by atoms with Gasteiger partial charge >= 0.3 is 5.97 Å². The lowest BCUT2D eigenvalue weighted by Crippen LogP contribution is -2.45. The Morgan fingerprint density at radius 3 is 2.26 bits per heavy atom. The van der Waals surface area contributed by atoms with Gasteiger partial charge in [-0.05, 0) is 97.5 Å². The zero-order chi connectivity index (χ0) is 53.1. The highest BCUT2D eigenvalue weighted by Gasteiger charge is 2.28. The van der Waals surface area contributed by atoms with Crippen molar-refractivity contribution in [2.75, 3.05) is 58.9 Å². The van der Waals surface area contributed by atoms with Gasteiger partial charge in [0.1, 0.15) is 11.8 Å². The smallest absolute Gasteiger partial charge is 0.303 e. The van der Waals surface area contributed by atoms with Crippen LogP contribution in [0.25, 0.3) is 10.1 Å². The summed E-state index contributed by atoms with van der Waals surface area (Å²) in [4.78, 5) is 114. The third-order valence-electron chi connectivity index (χ3n) is 12.5. The number of anilines is 1. The van der Waals surface area contributed by atoms with Gasteiger partial charge in [-0.3, -0.25) is 48.1 Å². The fraction of sp³-hybridized carbons (Fsp3) is 0.426. The van der Waals surface area contributed by atoms with Gasteiger partial charge in [0.05, 0.1) is 45.3 Å². The van der Waals surface area contributed by atoms with E-state index in [9.17, 15) is 43.2 Å². The van der Waals surface area contributed by atoms with Crippen LogP contribution < -0.4 is 25.4 Å². The number of carbonyl (C=O) groups excluding carboxylic acids is 8. The number of hydrogen-bond acceptors (Lipinski definition) is 14. The van der Waals surface area contributed by atoms with Crippen molar-refractivity contribution in [3.05, 3.63) is 99.9 Å². The second-order valence-electron chi connectivity index (χ2n) is 18.0. The van der Waals surface area contributed by atoms with Crippen LogP contribution in [0.2, 0.25) is 0 Å². The molecule has 3 aliphatic rings. The molecule has 6 amide bonds. The number of aliphatic carboxylic acids is 1. The maximum atomic E-state index is 13.3. The molecule has 0 fully saturated rings. The molecule has 0 bridgehead atoms. The first-order valence-corrected chi connectivity index (χ1v) is 25.5. The Morgan fingerprint density at radius 2 is 1.53 bits per heavy atom. The molecule has 74 heavy (non-hydrogen) atoms. The molecule has 0 radical (unpaired) electrons. The Balaban J connectivity index is 0.845. The number of carbonyl (C=O) groups is 9. The number of allylic oxidation sites excluding steroid dienone is 1. The van der Waals surface area contributed by atoms with Gasteiger partial charge < -0.3 is 44.9 Å². The molecule has 2 aliphatic heterocycles. The summed E-state index contributed by atoms with van der Waals surface area (Å²) >= 11 is 1.28. The molecule has 0 saturated heterocycles. The molecule has 6 rings (SSSR count). The first-order chi connectivity index (χ1) is 35.6. The van der Waals surface area contributed by atoms with E-state index in [4.69, 9.17) is 24.1 Å². The number of carboxylic acid groups (broad SMARTS) is 1. The number of nitrogens with one attached hydrogen (secondary N) is 3. The largest absolute Gasteiger partial charge is 0.493 e. The molecule has 0 unspecified atom stereocenters. The van der Waals surface area contributed by atoms with Crippen LogP contribution in [0.3, 0.4) is 0 Å². The minimum atomic E-state index is -1.02. The summed E-state index contributed by atoms with van der Waals surface area (Å²) in [5, 5.41) is 17.6. The lowest BCUT2D eigenvalue weighted by Gasteiger charge is -2.17. The van der Waals surface area contributed by atoms with Gasteiger partial charge in [0.15, 0.2) is 28.8 Å². The number of aryl methyl sites for hydroxylation is 1. The van der Waals surface area contributed by atoms with Crippen LogP contribution in [-0.2, 0) is 54.3 Å². The molecule has 1 aromatic heterocycles. The van der Waals surface area contributed by atoms with Gasteiger partial charge in [0.25, 0.3) is 11.8 Å². The molecule has 1 atom stereocenters. The molecule has 2 aromatic carbocycles. The lowest BCUT2D eigenvalue weighted by atomic mass is 10.0. The second kappa shape index (κ2) is 27.4. The van der Waals surface area contributed by atoms with Crippen LogP contribution in [0.4, 0.5) is 5.69 Å². The number of nitrogens with zero attached hydrogens (tertiary/aromatic N) is 2. The summed E-state index contributed by atoms with van der Waals surface area (Å²) < 4.78 is 24.3. The predicted octanol–water partition coefficient (Wildman–Crippen LogP) is 6.12. The van der Waals surface area contributed by atoms with Crippen molar-refractivity contribution < 1.29 is 67.2 Å². The van der Waals surface area contributed by atoms with E-state index in [1.54, 1.807) is 54.5 Å². The predicted molar refractivity (Wildman–Crippen MR) is 274 cm³/mol. The summed E-state index contributed by atoms with van der Waals surface area (Å²) in [5.74, 6) is -1.22. The Bertz CT molecular complexity index is 2720. The zero-order valence-electron chi connectivity index (χ0n) is 41.9. The quantitative estimate of drug-likeness (QED) is 0.0348. The first kappa shape index (κ1) is 55.7. The number of benzene rings is 2. The molecule has 1 aliphatic carbocycles. The third kappa shape index (κ3) is 16.5. The third-order valence-corrected chi connectivity index (χ3v) is 13.6. The maximum Gasteiger partial charge on any atom is 0.303 e. The number of amides is 6. The van der Waals surface area contributed by atoms with E-state index in [0.717, 1.165) is 38.1 Å². The molecule has 3 aromatic rings. The Kier molecular flexibility index (Phi) is 20.7. The molecular weight excluding hydrogens is 975 g/mol. The van der Waals surface area contributed by atoms with Gasteiger partial charge in [-0.15, -0.1) is 11.3 Å². The number of ether oxygens (including phenoxy) is 4. The summed E-state index contributed by atoms with van der Waals surface area (Å²) in [6.07, 6.45) is 10.8. The van der Waals surface area contributed by atoms with E-state index >= 15 is 0 Å². The fourth-order valence-corrected chi connectivity index (χ4v) is 9.36. The molecule has 4 N–H and O–H groups in total. The van der Waals surface area contributed by atoms with E-state index < -0.39 is 23.8 Å². The molecule has 3 heterocycles. The summed E-state index contributed by atoms with van der Waals surface area (Å²) in [5.41, 5.74) is 3.48. The normalized spacial score (nSPS) is 16.0. The molecule has 0 spiro atoms. The maximum absolute atomic E-state index is 13.3. The molecule has 20 heteroatoms. The highest BCUT2D eigenvalue weighted by molar-refractivity contribution is 7.20. The van der Waals surface area contributed by atoms with E-state index in [0.29, 0.717) is 98.4 Å². The van der Waals surface area contributed by atoms with Crippen molar-refractivity contribution in [1.82, 2.24) is 20.4 Å². The lowest BCUT2D eigenvalue weighted by molar-refractivity contribution is -0.138. The number of rotatable bonds is 29. The topological polar surface area (TPSA) is 253 Å². The molecule has 394 valence electrons. The van der Waals surface area contributed by atoms with E-state index in [2.05, 4.69) is 16.0 Å². The Morgan fingerprint density at radius 1 is 0.770 bits per heavy atom. The zero-order valence-corrected chi connectivity index (χ0v) is 42.7. The molecule has 19 nitrogen and oxygen atoms in total. The van der Waals surface area contributed by atoms with Crippen molar-refractivity contribution in [2.45, 2.75) is 96.4 Å². The van der Waals surface area contributed by atoms with Crippen LogP contribution in [0, 0.1) is 0 Å². The number of fused-ring (bicyclic) bond motifs is 1. The molecule has 0 saturated carbocycles. The number of ketones is 2. The van der Waals surface area contributed by atoms with Gasteiger partial charge in [-0.25, -0.2) is 0 Å². The number of methoxy groups -OCH3 is 2. The SMILES string of the molecule is COC1=C\C2=C(CC/C=C\1OCCCOc1cc3cc(C(=O)CCC(=O)O)sc3cc1OC)CN(C(=O)CCC(=O)CCc1ccc(NC(=O)[C@H](C)NC(=O)CNC(=O)CCCCCN3C(=O)C=CC3=O)cc1)C2. The van der Waals surface area contributed by atoms with Crippen molar-refractivity contribution in [3.63, 3.8) is 0 Å². The van der Waals surface area contributed by atoms with Crippen LogP contribution in [0.5, 0.6) is 11.5 Å². The number of imide groups is 1. The van der Waals surface area contributed by atoms with Crippen LogP contribution in [-0.4, -0.2) is 128 Å². The number of Topliss-reactive ketones (excluding diaryl/α,β-unsaturated/α-hetero) is 2. The summed E-state index contributed by atoms with van der Waals surface area (Å²) in [6.45, 7) is 3.04. The minimum absolute atomic E-state index is 0.0380. The minimum Gasteiger partial charge on any atom is -0.493 e. The second-order valence-corrected chi connectivity index (χ2v) is 19.1. The number of thiophene rings is 1. The number of unbranched alkanes of at least 4 members (excludes halogenated alkanes) is 2. The van der Waals surface area contributed by atoms with Gasteiger partial charge in [-0.2, -0.15) is 0 Å². The monoisotopic (exact) mass is 1040 g/mol. The Hall–Kier alpha value is -7.61. The van der Waals surface area contributed by atoms with E-state index in [-0.39, 0.29) is 86.8 Å². The Labute approximate surface area is 433 Å². The van der Waals surface area contributed by atoms with Crippen LogP contribution in [0.15, 0.2) is 89.4 Å².